The summed E-state index contributed by atoms with van der Waals surface area (Å²) in [5.41, 5.74) is 1.40. The van der Waals surface area contributed by atoms with Crippen molar-refractivity contribution in [2.75, 3.05) is 0 Å². The Morgan fingerprint density at radius 1 is 1.13 bits per heavy atom. The molecule has 1 fully saturated rings. The molecule has 1 aliphatic carbocycles. The van der Waals surface area contributed by atoms with Crippen molar-refractivity contribution in [3.63, 3.8) is 0 Å². The van der Waals surface area contributed by atoms with Gasteiger partial charge in [-0.1, -0.05) is 30.3 Å². The van der Waals surface area contributed by atoms with E-state index in [2.05, 4.69) is 29.6 Å². The summed E-state index contributed by atoms with van der Waals surface area (Å²) in [6, 6.07) is 10.2. The van der Waals surface area contributed by atoms with Crippen LogP contribution in [0.2, 0.25) is 0 Å². The lowest BCUT2D eigenvalue weighted by molar-refractivity contribution is -0.142. The Kier molecular flexibility index (Phi) is 6.20. The van der Waals surface area contributed by atoms with Gasteiger partial charge in [0.15, 0.2) is 0 Å². The van der Waals surface area contributed by atoms with Gasteiger partial charge in [0.05, 0.1) is 5.92 Å². The zero-order chi connectivity index (χ0) is 16.8. The number of carboxylic acid groups (broad SMARTS) is 1. The van der Waals surface area contributed by atoms with Crippen molar-refractivity contribution in [1.29, 1.82) is 0 Å². The molecule has 1 amide bonds. The first kappa shape index (κ1) is 17.5. The second-order valence-electron chi connectivity index (χ2n) is 6.82. The minimum absolute atomic E-state index is 0.0197. The van der Waals surface area contributed by atoms with Gasteiger partial charge in [-0.2, -0.15) is 0 Å². The average molecular weight is 317 g/mol. The van der Waals surface area contributed by atoms with E-state index in [9.17, 15) is 9.59 Å². The Hall–Kier alpha value is -1.84. The summed E-state index contributed by atoms with van der Waals surface area (Å²) in [5.74, 6) is -0.425. The van der Waals surface area contributed by atoms with Crippen LogP contribution >= 0.6 is 0 Å². The van der Waals surface area contributed by atoms with Crippen LogP contribution in [-0.2, 0) is 9.59 Å². The first-order chi connectivity index (χ1) is 11.0. The molecule has 0 bridgehead atoms. The number of carboxylic acids is 1. The van der Waals surface area contributed by atoms with Crippen molar-refractivity contribution < 1.29 is 14.7 Å². The van der Waals surface area contributed by atoms with Gasteiger partial charge < -0.3 is 10.4 Å². The summed E-state index contributed by atoms with van der Waals surface area (Å²) >= 11 is 0. The molecule has 1 saturated carbocycles. The number of amides is 1. The highest BCUT2D eigenvalue weighted by atomic mass is 16.4. The molecule has 0 aliphatic heterocycles. The molecule has 2 rings (SSSR count). The van der Waals surface area contributed by atoms with E-state index in [1.807, 2.05) is 6.07 Å². The molecule has 1 aromatic rings. The zero-order valence-electron chi connectivity index (χ0n) is 14.0. The molecule has 23 heavy (non-hydrogen) atoms. The molecule has 0 aromatic heterocycles. The smallest absolute Gasteiger partial charge is 0.308 e. The maximum atomic E-state index is 12.1. The molecule has 0 saturated heterocycles. The van der Waals surface area contributed by atoms with Crippen molar-refractivity contribution in [2.24, 2.45) is 11.8 Å². The summed E-state index contributed by atoms with van der Waals surface area (Å²) in [5, 5.41) is 11.8. The Balaban J connectivity index is 1.76. The molecule has 0 radical (unpaired) electrons. The van der Waals surface area contributed by atoms with Gasteiger partial charge in [-0.15, -0.1) is 0 Å². The summed E-state index contributed by atoms with van der Waals surface area (Å²) in [4.78, 5) is 23.0. The first-order valence-corrected chi connectivity index (χ1v) is 8.54. The van der Waals surface area contributed by atoms with E-state index in [0.717, 1.165) is 25.7 Å². The van der Waals surface area contributed by atoms with Crippen molar-refractivity contribution in [3.05, 3.63) is 35.9 Å². The SMILES string of the molecule is CC(NC(=O)CC1CCC(c2ccccc2)CC1)C(C)C(=O)O. The molecule has 2 N–H and O–H groups in total. The number of nitrogens with one attached hydrogen (secondary N) is 1. The summed E-state index contributed by atoms with van der Waals surface area (Å²) in [7, 11) is 0. The number of rotatable bonds is 6. The third-order valence-corrected chi connectivity index (χ3v) is 5.12. The Morgan fingerprint density at radius 2 is 1.74 bits per heavy atom. The standard InChI is InChI=1S/C19H27NO3/c1-13(19(22)23)14(2)20-18(21)12-15-8-10-17(11-9-15)16-6-4-3-5-7-16/h3-7,13-15,17H,8-12H2,1-2H3,(H,20,21)(H,22,23). The van der Waals surface area contributed by atoms with E-state index in [1.165, 1.54) is 5.56 Å². The van der Waals surface area contributed by atoms with Gasteiger partial charge >= 0.3 is 5.97 Å². The van der Waals surface area contributed by atoms with E-state index in [0.29, 0.717) is 18.3 Å². The molecular weight excluding hydrogens is 290 g/mol. The number of aliphatic carboxylic acids is 1. The quantitative estimate of drug-likeness (QED) is 0.843. The second kappa shape index (κ2) is 8.14. The first-order valence-electron chi connectivity index (χ1n) is 8.54. The highest BCUT2D eigenvalue weighted by molar-refractivity contribution is 5.78. The molecular formula is C19H27NO3. The monoisotopic (exact) mass is 317 g/mol. The minimum Gasteiger partial charge on any atom is -0.481 e. The Bertz CT molecular complexity index is 521. The van der Waals surface area contributed by atoms with E-state index in [-0.39, 0.29) is 11.9 Å². The number of carbonyl (C=O) groups excluding carboxylic acids is 1. The lowest BCUT2D eigenvalue weighted by atomic mass is 9.77. The zero-order valence-corrected chi connectivity index (χ0v) is 14.0. The van der Waals surface area contributed by atoms with Crippen LogP contribution in [-0.4, -0.2) is 23.0 Å². The van der Waals surface area contributed by atoms with Gasteiger partial charge in [-0.25, -0.2) is 0 Å². The van der Waals surface area contributed by atoms with Crippen LogP contribution in [0, 0.1) is 11.8 Å². The lowest BCUT2D eigenvalue weighted by Gasteiger charge is -2.29. The normalized spacial score (nSPS) is 23.7. The van der Waals surface area contributed by atoms with Gasteiger partial charge in [0.1, 0.15) is 0 Å². The molecule has 1 aliphatic rings. The maximum Gasteiger partial charge on any atom is 0.308 e. The third-order valence-electron chi connectivity index (χ3n) is 5.12. The van der Waals surface area contributed by atoms with Crippen LogP contribution in [0.1, 0.15) is 57.4 Å². The minimum atomic E-state index is -0.874. The molecule has 126 valence electrons. The maximum absolute atomic E-state index is 12.1. The average Bonchev–Trinajstić information content (AvgIpc) is 2.55. The molecule has 1 aromatic carbocycles. The van der Waals surface area contributed by atoms with Crippen LogP contribution < -0.4 is 5.32 Å². The van der Waals surface area contributed by atoms with Crippen molar-refractivity contribution in [2.45, 2.75) is 57.9 Å². The third kappa shape index (κ3) is 5.08. The Morgan fingerprint density at radius 3 is 2.30 bits per heavy atom. The van der Waals surface area contributed by atoms with Gasteiger partial charge in [0, 0.05) is 12.5 Å². The largest absolute Gasteiger partial charge is 0.481 e. The van der Waals surface area contributed by atoms with E-state index in [4.69, 9.17) is 5.11 Å². The van der Waals surface area contributed by atoms with Crippen LogP contribution in [0.25, 0.3) is 0 Å². The summed E-state index contributed by atoms with van der Waals surface area (Å²) in [6.45, 7) is 3.38. The molecule has 4 nitrogen and oxygen atoms in total. The van der Waals surface area contributed by atoms with Crippen LogP contribution in [0.4, 0.5) is 0 Å². The predicted octanol–water partition coefficient (Wildman–Crippen LogP) is 3.58. The van der Waals surface area contributed by atoms with E-state index in [1.54, 1.807) is 13.8 Å². The fourth-order valence-electron chi connectivity index (χ4n) is 3.34. The topological polar surface area (TPSA) is 66.4 Å². The number of benzene rings is 1. The molecule has 0 spiro atoms. The fourth-order valence-corrected chi connectivity index (χ4v) is 3.34. The van der Waals surface area contributed by atoms with Crippen molar-refractivity contribution >= 4 is 11.9 Å². The van der Waals surface area contributed by atoms with Crippen molar-refractivity contribution in [1.82, 2.24) is 5.32 Å². The van der Waals surface area contributed by atoms with Gasteiger partial charge in [0.25, 0.3) is 0 Å². The number of hydrogen-bond acceptors (Lipinski definition) is 2. The molecule has 0 heterocycles. The highest BCUT2D eigenvalue weighted by Gasteiger charge is 2.26. The summed E-state index contributed by atoms with van der Waals surface area (Å²) < 4.78 is 0. The predicted molar refractivity (Wildman–Crippen MR) is 90.2 cm³/mol. The van der Waals surface area contributed by atoms with E-state index < -0.39 is 11.9 Å². The van der Waals surface area contributed by atoms with Crippen molar-refractivity contribution in [3.8, 4) is 0 Å². The molecule has 4 heteroatoms. The molecule has 2 unspecified atom stereocenters. The van der Waals surface area contributed by atoms with Gasteiger partial charge in [-0.05, 0) is 56.9 Å². The van der Waals surface area contributed by atoms with Crippen LogP contribution in [0.5, 0.6) is 0 Å². The molecule has 2 atom stereocenters. The van der Waals surface area contributed by atoms with Gasteiger partial charge in [0.2, 0.25) is 5.91 Å². The van der Waals surface area contributed by atoms with E-state index >= 15 is 0 Å². The number of hydrogen-bond donors (Lipinski definition) is 2. The van der Waals surface area contributed by atoms with Gasteiger partial charge in [-0.3, -0.25) is 9.59 Å². The highest BCUT2D eigenvalue weighted by Crippen LogP contribution is 2.36. The Labute approximate surface area is 138 Å². The van der Waals surface area contributed by atoms with Crippen LogP contribution in [0.15, 0.2) is 30.3 Å². The lowest BCUT2D eigenvalue weighted by Crippen LogP contribution is -2.40. The number of carbonyl (C=O) groups is 2. The second-order valence-corrected chi connectivity index (χ2v) is 6.82. The fraction of sp³-hybridized carbons (Fsp3) is 0.579. The summed E-state index contributed by atoms with van der Waals surface area (Å²) in [6.07, 6.45) is 4.90. The van der Waals surface area contributed by atoms with Crippen LogP contribution in [0.3, 0.4) is 0 Å².